The van der Waals surface area contributed by atoms with Gasteiger partial charge in [0.25, 0.3) is 5.91 Å². The van der Waals surface area contributed by atoms with Gasteiger partial charge in [-0.05, 0) is 55.0 Å². The van der Waals surface area contributed by atoms with E-state index in [0.717, 1.165) is 34.5 Å². The van der Waals surface area contributed by atoms with Crippen molar-refractivity contribution in [2.24, 2.45) is 0 Å². The molecule has 1 heterocycles. The normalized spacial score (nSPS) is 13.2. The van der Waals surface area contributed by atoms with Gasteiger partial charge in [0.1, 0.15) is 0 Å². The van der Waals surface area contributed by atoms with Crippen LogP contribution < -0.4 is 11.1 Å². The molecule has 3 rings (SSSR count). The molecule has 2 aromatic rings. The zero-order chi connectivity index (χ0) is 14.1. The number of nitrogen functional groups attached to an aromatic ring is 1. The summed E-state index contributed by atoms with van der Waals surface area (Å²) < 4.78 is 0. The number of nitrogens with one attached hydrogen (secondary N) is 1. The number of nitrogens with two attached hydrogens (primary N) is 1. The number of hydrogen-bond acceptors (Lipinski definition) is 3. The number of benzene rings is 1. The number of fused-ring (bicyclic) bond motifs is 1. The molecule has 1 aromatic heterocycles. The number of carbonyl (C=O) groups is 1. The molecule has 0 bridgehead atoms. The number of rotatable bonds is 3. The lowest BCUT2D eigenvalue weighted by atomic mass is 10.1. The zero-order valence-electron chi connectivity index (χ0n) is 11.5. The smallest absolute Gasteiger partial charge is 0.261 e. The lowest BCUT2D eigenvalue weighted by molar-refractivity contribution is 0.0955. The summed E-state index contributed by atoms with van der Waals surface area (Å²) in [5.41, 5.74) is 10.1. The van der Waals surface area contributed by atoms with Crippen LogP contribution in [0.3, 0.4) is 0 Å². The van der Waals surface area contributed by atoms with Crippen LogP contribution in [0.1, 0.15) is 37.7 Å². The van der Waals surface area contributed by atoms with Crippen molar-refractivity contribution < 1.29 is 4.79 Å². The third kappa shape index (κ3) is 2.43. The fourth-order valence-electron chi connectivity index (χ4n) is 2.60. The number of thiophene rings is 1. The molecule has 1 aromatic carbocycles. The SMILES string of the molecule is Cc1c(N)cccc1CNC(=O)c1cc2c(s1)CCC2. The van der Waals surface area contributed by atoms with E-state index in [1.807, 2.05) is 25.1 Å². The van der Waals surface area contributed by atoms with Crippen molar-refractivity contribution in [2.75, 3.05) is 5.73 Å². The van der Waals surface area contributed by atoms with E-state index in [2.05, 4.69) is 11.4 Å². The van der Waals surface area contributed by atoms with Crippen LogP contribution in [0.15, 0.2) is 24.3 Å². The third-order valence-corrected chi connectivity index (χ3v) is 5.13. The molecule has 1 aliphatic rings. The molecule has 0 unspecified atom stereocenters. The van der Waals surface area contributed by atoms with E-state index in [0.29, 0.717) is 6.54 Å². The van der Waals surface area contributed by atoms with Gasteiger partial charge in [0.2, 0.25) is 0 Å². The van der Waals surface area contributed by atoms with Gasteiger partial charge >= 0.3 is 0 Å². The second-order valence-corrected chi connectivity index (χ2v) is 6.36. The summed E-state index contributed by atoms with van der Waals surface area (Å²) in [5, 5.41) is 2.99. The highest BCUT2D eigenvalue weighted by molar-refractivity contribution is 7.14. The molecule has 0 saturated carbocycles. The zero-order valence-corrected chi connectivity index (χ0v) is 12.3. The molecule has 1 aliphatic carbocycles. The Morgan fingerprint density at radius 1 is 1.40 bits per heavy atom. The summed E-state index contributed by atoms with van der Waals surface area (Å²) in [6, 6.07) is 7.85. The Morgan fingerprint density at radius 2 is 2.25 bits per heavy atom. The van der Waals surface area contributed by atoms with Crippen LogP contribution in [0.25, 0.3) is 0 Å². The van der Waals surface area contributed by atoms with Gasteiger partial charge in [0.05, 0.1) is 4.88 Å². The van der Waals surface area contributed by atoms with Gasteiger partial charge in [0, 0.05) is 17.1 Å². The van der Waals surface area contributed by atoms with E-state index in [9.17, 15) is 4.79 Å². The summed E-state index contributed by atoms with van der Waals surface area (Å²) in [7, 11) is 0. The highest BCUT2D eigenvalue weighted by Gasteiger charge is 2.18. The predicted octanol–water partition coefficient (Wildman–Crippen LogP) is 3.06. The molecule has 0 spiro atoms. The Labute approximate surface area is 122 Å². The lowest BCUT2D eigenvalue weighted by Crippen LogP contribution is -2.22. The Bertz CT molecular complexity index is 639. The second kappa shape index (κ2) is 5.29. The minimum Gasteiger partial charge on any atom is -0.399 e. The average molecular weight is 286 g/mol. The summed E-state index contributed by atoms with van der Waals surface area (Å²) in [6.07, 6.45) is 3.47. The monoisotopic (exact) mass is 286 g/mol. The minimum atomic E-state index is 0.0197. The first kappa shape index (κ1) is 13.2. The van der Waals surface area contributed by atoms with Crippen LogP contribution in [-0.4, -0.2) is 5.91 Å². The first-order valence-electron chi connectivity index (χ1n) is 6.89. The maximum atomic E-state index is 12.2. The second-order valence-electron chi connectivity index (χ2n) is 5.23. The molecule has 20 heavy (non-hydrogen) atoms. The van der Waals surface area contributed by atoms with Gasteiger partial charge < -0.3 is 11.1 Å². The summed E-state index contributed by atoms with van der Waals surface area (Å²) in [4.78, 5) is 14.4. The van der Waals surface area contributed by atoms with Crippen molar-refractivity contribution in [1.82, 2.24) is 5.32 Å². The largest absolute Gasteiger partial charge is 0.399 e. The molecule has 4 heteroatoms. The summed E-state index contributed by atoms with van der Waals surface area (Å²) in [6.45, 7) is 2.51. The van der Waals surface area contributed by atoms with E-state index in [1.54, 1.807) is 11.3 Å². The van der Waals surface area contributed by atoms with Crippen molar-refractivity contribution in [1.29, 1.82) is 0 Å². The molecule has 0 fully saturated rings. The molecule has 0 radical (unpaired) electrons. The molecule has 0 atom stereocenters. The quantitative estimate of drug-likeness (QED) is 0.852. The Balaban J connectivity index is 1.68. The number of aryl methyl sites for hydroxylation is 2. The van der Waals surface area contributed by atoms with Gasteiger partial charge in [-0.2, -0.15) is 0 Å². The standard InChI is InChI=1S/C16H18N2OS/c1-10-12(5-2-6-13(10)17)9-18-16(19)15-8-11-4-3-7-14(11)20-15/h2,5-6,8H,3-4,7,9,17H2,1H3,(H,18,19). The molecular formula is C16H18N2OS. The molecule has 3 N–H and O–H groups in total. The number of anilines is 1. The molecule has 0 saturated heterocycles. The van der Waals surface area contributed by atoms with E-state index in [1.165, 1.54) is 16.9 Å². The molecule has 0 aliphatic heterocycles. The van der Waals surface area contributed by atoms with Crippen LogP contribution in [0.5, 0.6) is 0 Å². The van der Waals surface area contributed by atoms with Crippen LogP contribution in [-0.2, 0) is 19.4 Å². The maximum Gasteiger partial charge on any atom is 0.261 e. The van der Waals surface area contributed by atoms with Crippen molar-refractivity contribution in [3.63, 3.8) is 0 Å². The molecule has 1 amide bonds. The van der Waals surface area contributed by atoms with E-state index in [-0.39, 0.29) is 5.91 Å². The van der Waals surface area contributed by atoms with E-state index in [4.69, 9.17) is 5.73 Å². The number of amides is 1. The fourth-order valence-corrected chi connectivity index (χ4v) is 3.77. The number of carbonyl (C=O) groups excluding carboxylic acids is 1. The van der Waals surface area contributed by atoms with E-state index < -0.39 is 0 Å². The van der Waals surface area contributed by atoms with Crippen molar-refractivity contribution in [3.05, 3.63) is 50.7 Å². The van der Waals surface area contributed by atoms with Gasteiger partial charge in [-0.3, -0.25) is 4.79 Å². The van der Waals surface area contributed by atoms with Crippen molar-refractivity contribution in [2.45, 2.75) is 32.7 Å². The molecule has 3 nitrogen and oxygen atoms in total. The summed E-state index contributed by atoms with van der Waals surface area (Å²) >= 11 is 1.64. The lowest BCUT2D eigenvalue weighted by Gasteiger charge is -2.09. The molecule has 104 valence electrons. The van der Waals surface area contributed by atoms with Gasteiger partial charge in [-0.1, -0.05) is 12.1 Å². The Morgan fingerprint density at radius 3 is 3.05 bits per heavy atom. The van der Waals surface area contributed by atoms with Gasteiger partial charge in [0.15, 0.2) is 0 Å². The van der Waals surface area contributed by atoms with Gasteiger partial charge in [-0.15, -0.1) is 11.3 Å². The predicted molar refractivity (Wildman–Crippen MR) is 83.1 cm³/mol. The Kier molecular flexibility index (Phi) is 3.49. The van der Waals surface area contributed by atoms with Crippen LogP contribution in [0, 0.1) is 6.92 Å². The van der Waals surface area contributed by atoms with Crippen LogP contribution >= 0.6 is 11.3 Å². The van der Waals surface area contributed by atoms with Gasteiger partial charge in [-0.25, -0.2) is 0 Å². The van der Waals surface area contributed by atoms with Crippen molar-refractivity contribution >= 4 is 22.9 Å². The average Bonchev–Trinajstić information content (AvgIpc) is 3.01. The maximum absolute atomic E-state index is 12.2. The highest BCUT2D eigenvalue weighted by Crippen LogP contribution is 2.30. The fraction of sp³-hybridized carbons (Fsp3) is 0.312. The van der Waals surface area contributed by atoms with Crippen molar-refractivity contribution in [3.8, 4) is 0 Å². The first-order valence-corrected chi connectivity index (χ1v) is 7.70. The Hall–Kier alpha value is -1.81. The van der Waals surface area contributed by atoms with Crippen LogP contribution in [0.4, 0.5) is 5.69 Å². The highest BCUT2D eigenvalue weighted by atomic mass is 32.1. The molecular weight excluding hydrogens is 268 g/mol. The topological polar surface area (TPSA) is 55.1 Å². The summed E-state index contributed by atoms with van der Waals surface area (Å²) in [5.74, 6) is 0.0197. The minimum absolute atomic E-state index is 0.0197. The first-order chi connectivity index (χ1) is 9.65. The number of hydrogen-bond donors (Lipinski definition) is 2. The van der Waals surface area contributed by atoms with Crippen LogP contribution in [0.2, 0.25) is 0 Å². The third-order valence-electron chi connectivity index (χ3n) is 3.90. The van der Waals surface area contributed by atoms with E-state index >= 15 is 0 Å².